The molecule has 0 aliphatic heterocycles. The molecule has 0 atom stereocenters. The van der Waals surface area contributed by atoms with Gasteiger partial charge < -0.3 is 10.3 Å². The Morgan fingerprint density at radius 1 is 1.07 bits per heavy atom. The first-order valence-electron chi connectivity index (χ1n) is 9.82. The fraction of sp³-hybridized carbons (Fsp3) is 0.435. The highest BCUT2D eigenvalue weighted by Gasteiger charge is 2.19. The molecule has 3 heterocycles. The van der Waals surface area contributed by atoms with Gasteiger partial charge in [0.15, 0.2) is 0 Å². The SMILES string of the molecule is CC(C)(C)c1ccnc2[nH]cc(Cl)c12.CCC(=O)Nc1cc(C(C)(C)C)ccn1. The molecule has 0 spiro atoms. The predicted molar refractivity (Wildman–Crippen MR) is 122 cm³/mol. The van der Waals surface area contributed by atoms with Gasteiger partial charge in [-0.25, -0.2) is 9.97 Å². The summed E-state index contributed by atoms with van der Waals surface area (Å²) in [6.45, 7) is 14.7. The first kappa shape index (κ1) is 22.9. The molecule has 0 unspecified atom stereocenters. The van der Waals surface area contributed by atoms with E-state index in [-0.39, 0.29) is 16.7 Å². The van der Waals surface area contributed by atoms with E-state index in [4.69, 9.17) is 11.6 Å². The Morgan fingerprint density at radius 2 is 1.72 bits per heavy atom. The number of pyridine rings is 2. The highest BCUT2D eigenvalue weighted by atomic mass is 35.5. The molecular formula is C23H31ClN4O. The van der Waals surface area contributed by atoms with Crippen LogP contribution in [-0.4, -0.2) is 20.9 Å². The molecule has 3 aromatic rings. The summed E-state index contributed by atoms with van der Waals surface area (Å²) in [5, 5.41) is 4.55. The zero-order valence-corrected chi connectivity index (χ0v) is 19.1. The average molecular weight is 415 g/mol. The van der Waals surface area contributed by atoms with Gasteiger partial charge in [-0.2, -0.15) is 0 Å². The molecule has 156 valence electrons. The molecule has 0 aliphatic carbocycles. The molecule has 0 bridgehead atoms. The number of rotatable bonds is 2. The maximum absolute atomic E-state index is 11.2. The molecule has 3 rings (SSSR count). The number of hydrogen-bond acceptors (Lipinski definition) is 3. The second-order valence-corrected chi connectivity index (χ2v) is 9.46. The van der Waals surface area contributed by atoms with E-state index in [0.29, 0.717) is 12.2 Å². The van der Waals surface area contributed by atoms with Crippen molar-refractivity contribution in [2.24, 2.45) is 0 Å². The number of nitrogens with one attached hydrogen (secondary N) is 2. The number of H-pyrrole nitrogens is 1. The fourth-order valence-corrected chi connectivity index (χ4v) is 3.08. The molecule has 3 aromatic heterocycles. The van der Waals surface area contributed by atoms with Gasteiger partial charge in [0.2, 0.25) is 5.91 Å². The Hall–Kier alpha value is -2.40. The molecule has 0 aromatic carbocycles. The first-order valence-corrected chi connectivity index (χ1v) is 10.2. The van der Waals surface area contributed by atoms with Gasteiger partial charge in [-0.05, 0) is 40.2 Å². The largest absolute Gasteiger partial charge is 0.345 e. The molecule has 0 radical (unpaired) electrons. The van der Waals surface area contributed by atoms with Gasteiger partial charge in [0.25, 0.3) is 0 Å². The van der Waals surface area contributed by atoms with Crippen molar-refractivity contribution >= 4 is 34.4 Å². The maximum Gasteiger partial charge on any atom is 0.225 e. The van der Waals surface area contributed by atoms with E-state index in [1.807, 2.05) is 31.3 Å². The zero-order chi connectivity index (χ0) is 21.8. The number of amides is 1. The second-order valence-electron chi connectivity index (χ2n) is 9.05. The van der Waals surface area contributed by atoms with Gasteiger partial charge in [0, 0.05) is 30.4 Å². The molecule has 0 aliphatic rings. The van der Waals surface area contributed by atoms with Crippen molar-refractivity contribution in [2.45, 2.75) is 65.7 Å². The minimum atomic E-state index is -0.00596. The monoisotopic (exact) mass is 414 g/mol. The standard InChI is InChI=1S/C12H18N2O.C11H13ClN2/c1-5-11(15)14-10-8-9(6-7-13-10)12(2,3)4;1-11(2,3)7-4-5-13-10-9(7)8(12)6-14-10/h6-8H,5H2,1-4H3,(H,13,14,15);4-6H,1-3H3,(H,13,14). The van der Waals surface area contributed by atoms with Crippen LogP contribution in [0.1, 0.15) is 66.0 Å². The molecule has 0 saturated carbocycles. The van der Waals surface area contributed by atoms with E-state index in [9.17, 15) is 4.79 Å². The number of carbonyl (C=O) groups excluding carboxylic acids is 1. The summed E-state index contributed by atoms with van der Waals surface area (Å²) in [6.07, 6.45) is 5.80. The third kappa shape index (κ3) is 6.04. The van der Waals surface area contributed by atoms with Crippen LogP contribution in [0.2, 0.25) is 5.02 Å². The van der Waals surface area contributed by atoms with E-state index in [2.05, 4.69) is 61.8 Å². The molecular weight excluding hydrogens is 384 g/mol. The van der Waals surface area contributed by atoms with Crippen molar-refractivity contribution in [1.82, 2.24) is 15.0 Å². The van der Waals surface area contributed by atoms with Crippen LogP contribution in [-0.2, 0) is 15.6 Å². The van der Waals surface area contributed by atoms with Gasteiger partial charge >= 0.3 is 0 Å². The number of carbonyl (C=O) groups is 1. The number of anilines is 1. The van der Waals surface area contributed by atoms with Crippen molar-refractivity contribution in [3.05, 3.63) is 52.9 Å². The van der Waals surface area contributed by atoms with Crippen LogP contribution < -0.4 is 5.32 Å². The number of aromatic nitrogens is 3. The van der Waals surface area contributed by atoms with Gasteiger partial charge in [-0.3, -0.25) is 4.79 Å². The number of aromatic amines is 1. The van der Waals surface area contributed by atoms with Crippen molar-refractivity contribution in [1.29, 1.82) is 0 Å². The van der Waals surface area contributed by atoms with Crippen LogP contribution in [0.15, 0.2) is 36.8 Å². The molecule has 6 heteroatoms. The Morgan fingerprint density at radius 3 is 2.31 bits per heavy atom. The number of fused-ring (bicyclic) bond motifs is 1. The topological polar surface area (TPSA) is 70.7 Å². The van der Waals surface area contributed by atoms with Gasteiger partial charge in [0.05, 0.1) is 5.02 Å². The van der Waals surface area contributed by atoms with E-state index in [0.717, 1.165) is 16.1 Å². The van der Waals surface area contributed by atoms with Crippen LogP contribution in [0.4, 0.5) is 5.82 Å². The Balaban J connectivity index is 0.000000207. The third-order valence-corrected chi connectivity index (χ3v) is 4.85. The smallest absolute Gasteiger partial charge is 0.225 e. The normalized spacial score (nSPS) is 11.7. The molecule has 0 fully saturated rings. The summed E-state index contributed by atoms with van der Waals surface area (Å²) >= 11 is 6.11. The molecule has 29 heavy (non-hydrogen) atoms. The summed E-state index contributed by atoms with van der Waals surface area (Å²) < 4.78 is 0. The minimum Gasteiger partial charge on any atom is -0.345 e. The summed E-state index contributed by atoms with van der Waals surface area (Å²) in [6, 6.07) is 5.93. The Kier molecular flexibility index (Phi) is 7.06. The van der Waals surface area contributed by atoms with Crippen molar-refractivity contribution < 1.29 is 4.79 Å². The second kappa shape index (κ2) is 8.95. The van der Waals surface area contributed by atoms with E-state index < -0.39 is 0 Å². The van der Waals surface area contributed by atoms with Crippen LogP contribution in [0, 0.1) is 0 Å². The minimum absolute atomic E-state index is 0.00596. The first-order chi connectivity index (χ1) is 13.4. The van der Waals surface area contributed by atoms with Crippen LogP contribution in [0.3, 0.4) is 0 Å². The maximum atomic E-state index is 11.2. The molecule has 5 nitrogen and oxygen atoms in total. The highest BCUT2D eigenvalue weighted by molar-refractivity contribution is 6.35. The summed E-state index contributed by atoms with van der Waals surface area (Å²) in [5.74, 6) is 0.628. The lowest BCUT2D eigenvalue weighted by Gasteiger charge is -2.19. The lowest BCUT2D eigenvalue weighted by Crippen LogP contribution is -2.14. The van der Waals surface area contributed by atoms with E-state index in [1.165, 1.54) is 11.1 Å². The third-order valence-electron chi connectivity index (χ3n) is 4.55. The van der Waals surface area contributed by atoms with Crippen LogP contribution in [0.5, 0.6) is 0 Å². The zero-order valence-electron chi connectivity index (χ0n) is 18.4. The fourth-order valence-electron chi connectivity index (χ4n) is 2.84. The molecule has 1 amide bonds. The number of halogens is 1. The summed E-state index contributed by atoms with van der Waals surface area (Å²) in [5.41, 5.74) is 3.43. The quantitative estimate of drug-likeness (QED) is 0.521. The Labute approximate surface area is 178 Å². The van der Waals surface area contributed by atoms with Crippen molar-refractivity contribution in [3.8, 4) is 0 Å². The van der Waals surface area contributed by atoms with Crippen LogP contribution >= 0.6 is 11.6 Å². The van der Waals surface area contributed by atoms with Crippen molar-refractivity contribution in [2.75, 3.05) is 5.32 Å². The van der Waals surface area contributed by atoms with Gasteiger partial charge in [0.1, 0.15) is 11.5 Å². The Bertz CT molecular complexity index is 980. The summed E-state index contributed by atoms with van der Waals surface area (Å²) in [7, 11) is 0. The van der Waals surface area contributed by atoms with Crippen LogP contribution in [0.25, 0.3) is 11.0 Å². The number of hydrogen-bond donors (Lipinski definition) is 2. The van der Waals surface area contributed by atoms with E-state index >= 15 is 0 Å². The predicted octanol–water partition coefficient (Wildman–Crippen LogP) is 6.24. The summed E-state index contributed by atoms with van der Waals surface area (Å²) in [4.78, 5) is 22.6. The lowest BCUT2D eigenvalue weighted by atomic mass is 9.86. The number of nitrogens with zero attached hydrogens (tertiary/aromatic N) is 2. The lowest BCUT2D eigenvalue weighted by molar-refractivity contribution is -0.115. The highest BCUT2D eigenvalue weighted by Crippen LogP contribution is 2.33. The van der Waals surface area contributed by atoms with Crippen molar-refractivity contribution in [3.63, 3.8) is 0 Å². The average Bonchev–Trinajstić information content (AvgIpc) is 3.02. The molecule has 2 N–H and O–H groups in total. The van der Waals surface area contributed by atoms with Gasteiger partial charge in [-0.15, -0.1) is 0 Å². The molecule has 0 saturated heterocycles. The van der Waals surface area contributed by atoms with E-state index in [1.54, 1.807) is 12.4 Å². The van der Waals surface area contributed by atoms with Gasteiger partial charge in [-0.1, -0.05) is 60.1 Å².